The Bertz CT molecular complexity index is 559. The van der Waals surface area contributed by atoms with E-state index in [0.29, 0.717) is 11.5 Å². The van der Waals surface area contributed by atoms with E-state index in [1.807, 2.05) is 0 Å². The van der Waals surface area contributed by atoms with Gasteiger partial charge < -0.3 is 13.7 Å². The zero-order valence-electron chi connectivity index (χ0n) is 13.2. The molecular weight excluding hydrogens is 329 g/mol. The quantitative estimate of drug-likeness (QED) is 0.521. The fourth-order valence-electron chi connectivity index (χ4n) is 2.76. The molecule has 1 aliphatic carbocycles. The number of hydrogen-bond donors (Lipinski definition) is 0. The second-order valence-electron chi connectivity index (χ2n) is 5.37. The molecule has 0 heterocycles. The first-order valence-corrected chi connectivity index (χ1v) is 7.94. The lowest BCUT2D eigenvalue weighted by Gasteiger charge is -2.24. The molecule has 2 rings (SSSR count). The first-order valence-electron chi connectivity index (χ1n) is 7.19. The number of ether oxygens (including phenoxy) is 2. The lowest BCUT2D eigenvalue weighted by molar-refractivity contribution is -0.0369. The van der Waals surface area contributed by atoms with Gasteiger partial charge in [-0.05, 0) is 26.2 Å². The predicted molar refractivity (Wildman–Crippen MR) is 84.2 cm³/mol. The Morgan fingerprint density at radius 3 is 2.22 bits per heavy atom. The van der Waals surface area contributed by atoms with E-state index in [1.54, 1.807) is 0 Å². The van der Waals surface area contributed by atoms with Crippen LogP contribution in [0.4, 0.5) is 13.2 Å². The van der Waals surface area contributed by atoms with Gasteiger partial charge in [-0.15, -0.1) is 0 Å². The van der Waals surface area contributed by atoms with Crippen LogP contribution in [0.5, 0.6) is 17.2 Å². The molecule has 1 aromatic carbocycles. The molecule has 1 aliphatic rings. The number of halogens is 3. The van der Waals surface area contributed by atoms with Gasteiger partial charge in [0, 0.05) is 23.6 Å². The van der Waals surface area contributed by atoms with Crippen molar-refractivity contribution in [1.29, 1.82) is 0 Å². The minimum atomic E-state index is -4.47. The van der Waals surface area contributed by atoms with Crippen LogP contribution in [0.25, 0.3) is 0 Å². The van der Waals surface area contributed by atoms with Crippen molar-refractivity contribution < 1.29 is 26.8 Å². The summed E-state index contributed by atoms with van der Waals surface area (Å²) in [6, 6.07) is 2.93. The minimum absolute atomic E-state index is 0.0429. The minimum Gasteiger partial charge on any atom is -0.496 e. The van der Waals surface area contributed by atoms with Crippen LogP contribution >= 0.6 is 12.0 Å². The highest BCUT2D eigenvalue weighted by molar-refractivity contribution is 7.95. The average molecular weight is 348 g/mol. The van der Waals surface area contributed by atoms with E-state index in [4.69, 9.17) is 13.7 Å². The molecule has 0 aromatic heterocycles. The van der Waals surface area contributed by atoms with E-state index in [2.05, 4.69) is 13.0 Å². The summed E-state index contributed by atoms with van der Waals surface area (Å²) < 4.78 is 52.3. The first-order chi connectivity index (χ1) is 10.8. The summed E-state index contributed by atoms with van der Waals surface area (Å²) in [7, 11) is 2.97. The fourth-order valence-corrected chi connectivity index (χ4v) is 3.05. The van der Waals surface area contributed by atoms with Gasteiger partial charge in [-0.1, -0.05) is 11.6 Å². The van der Waals surface area contributed by atoms with Gasteiger partial charge in [0.15, 0.2) is 12.0 Å². The van der Waals surface area contributed by atoms with Crippen molar-refractivity contribution in [1.82, 2.24) is 0 Å². The van der Waals surface area contributed by atoms with Crippen LogP contribution in [0.15, 0.2) is 23.8 Å². The van der Waals surface area contributed by atoms with Gasteiger partial charge in [-0.2, -0.15) is 13.2 Å². The number of rotatable bonds is 5. The molecule has 1 atom stereocenters. The predicted octanol–water partition coefficient (Wildman–Crippen LogP) is 5.46. The Balaban J connectivity index is 2.36. The van der Waals surface area contributed by atoms with Crippen molar-refractivity contribution in [2.75, 3.05) is 14.2 Å². The van der Waals surface area contributed by atoms with Gasteiger partial charge in [0.2, 0.25) is 0 Å². The smallest absolute Gasteiger partial charge is 0.479 e. The van der Waals surface area contributed by atoms with Gasteiger partial charge in [0.05, 0.1) is 14.2 Å². The van der Waals surface area contributed by atoms with Crippen LogP contribution in [0.3, 0.4) is 0 Å². The molecule has 3 nitrogen and oxygen atoms in total. The zero-order chi connectivity index (χ0) is 17.0. The maximum atomic E-state index is 12.3. The number of allylic oxidation sites excluding steroid dienone is 2. The molecule has 128 valence electrons. The van der Waals surface area contributed by atoms with Crippen molar-refractivity contribution in [2.24, 2.45) is 0 Å². The molecule has 0 aliphatic heterocycles. The van der Waals surface area contributed by atoms with Crippen LogP contribution in [0.2, 0.25) is 0 Å². The van der Waals surface area contributed by atoms with Gasteiger partial charge >= 0.3 is 5.51 Å². The highest BCUT2D eigenvalue weighted by Crippen LogP contribution is 2.45. The van der Waals surface area contributed by atoms with Crippen LogP contribution < -0.4 is 13.7 Å². The first kappa shape index (κ1) is 17.8. The van der Waals surface area contributed by atoms with Crippen molar-refractivity contribution >= 4 is 12.0 Å². The average Bonchev–Trinajstić information content (AvgIpc) is 2.51. The van der Waals surface area contributed by atoms with Gasteiger partial charge in [-0.25, -0.2) is 0 Å². The maximum Gasteiger partial charge on any atom is 0.479 e. The summed E-state index contributed by atoms with van der Waals surface area (Å²) in [5.74, 6) is 1.11. The van der Waals surface area contributed by atoms with Gasteiger partial charge in [-0.3, -0.25) is 0 Å². The van der Waals surface area contributed by atoms with E-state index in [9.17, 15) is 13.2 Å². The van der Waals surface area contributed by atoms with E-state index >= 15 is 0 Å². The van der Waals surface area contributed by atoms with Crippen LogP contribution in [-0.2, 0) is 0 Å². The van der Waals surface area contributed by atoms with E-state index in [1.165, 1.54) is 31.9 Å². The van der Waals surface area contributed by atoms with Crippen LogP contribution in [0, 0.1) is 0 Å². The summed E-state index contributed by atoms with van der Waals surface area (Å²) in [6.45, 7) is 2.07. The molecule has 0 radical (unpaired) electrons. The van der Waals surface area contributed by atoms with Crippen molar-refractivity contribution in [2.45, 2.75) is 37.6 Å². The molecule has 0 amide bonds. The number of alkyl halides is 3. The highest BCUT2D eigenvalue weighted by atomic mass is 32.2. The van der Waals surface area contributed by atoms with E-state index in [-0.39, 0.29) is 11.7 Å². The summed E-state index contributed by atoms with van der Waals surface area (Å²) in [5, 5.41) is 0. The molecule has 0 spiro atoms. The van der Waals surface area contributed by atoms with Crippen molar-refractivity contribution in [3.05, 3.63) is 29.3 Å². The summed E-state index contributed by atoms with van der Waals surface area (Å²) in [5.41, 5.74) is -2.33. The molecular formula is C16H19F3O3S. The van der Waals surface area contributed by atoms with E-state index in [0.717, 1.165) is 24.8 Å². The molecule has 0 bridgehead atoms. The van der Waals surface area contributed by atoms with Gasteiger partial charge in [0.25, 0.3) is 0 Å². The molecule has 0 fully saturated rings. The SMILES string of the molecule is COc1cc(OSC(F)(F)F)cc(OC)c1C1C=C(C)CCC1. The Labute approximate surface area is 138 Å². The molecule has 0 saturated heterocycles. The lowest BCUT2D eigenvalue weighted by atomic mass is 9.85. The summed E-state index contributed by atoms with van der Waals surface area (Å²) in [4.78, 5) is 0. The number of hydrogen-bond acceptors (Lipinski definition) is 4. The summed E-state index contributed by atoms with van der Waals surface area (Å²) >= 11 is -0.556. The summed E-state index contributed by atoms with van der Waals surface area (Å²) in [6.07, 6.45) is 5.22. The largest absolute Gasteiger partial charge is 0.496 e. The topological polar surface area (TPSA) is 27.7 Å². The molecule has 0 saturated carbocycles. The molecule has 1 unspecified atom stereocenters. The van der Waals surface area contributed by atoms with Crippen LogP contribution in [0.1, 0.15) is 37.7 Å². The molecule has 1 aromatic rings. The standard InChI is InChI=1S/C16H19F3O3S/c1-10-5-4-6-11(7-10)15-13(20-2)8-12(9-14(15)21-3)22-23-16(17,18)19/h7-9,11H,4-6H2,1-3H3. The monoisotopic (exact) mass is 348 g/mol. The fraction of sp³-hybridized carbons (Fsp3) is 0.500. The van der Waals surface area contributed by atoms with Crippen LogP contribution in [-0.4, -0.2) is 19.7 Å². The Kier molecular flexibility index (Phi) is 5.73. The third-order valence-corrected chi connectivity index (χ3v) is 4.16. The Hall–Kier alpha value is -1.50. The van der Waals surface area contributed by atoms with Crippen molar-refractivity contribution in [3.63, 3.8) is 0 Å². The van der Waals surface area contributed by atoms with Crippen molar-refractivity contribution in [3.8, 4) is 17.2 Å². The third-order valence-electron chi connectivity index (χ3n) is 3.69. The third kappa shape index (κ3) is 4.73. The zero-order valence-corrected chi connectivity index (χ0v) is 14.0. The number of methoxy groups -OCH3 is 2. The normalized spacial score (nSPS) is 18.3. The Morgan fingerprint density at radius 1 is 1.13 bits per heavy atom. The second kappa shape index (κ2) is 7.38. The highest BCUT2D eigenvalue weighted by Gasteiger charge is 2.32. The molecule has 0 N–H and O–H groups in total. The maximum absolute atomic E-state index is 12.3. The van der Waals surface area contributed by atoms with E-state index < -0.39 is 17.6 Å². The number of benzene rings is 1. The van der Waals surface area contributed by atoms with Gasteiger partial charge in [0.1, 0.15) is 17.2 Å². The lowest BCUT2D eigenvalue weighted by Crippen LogP contribution is -2.07. The molecule has 7 heteroatoms. The second-order valence-corrected chi connectivity index (χ2v) is 6.16. The molecule has 23 heavy (non-hydrogen) atoms. The Morgan fingerprint density at radius 2 is 1.74 bits per heavy atom.